The van der Waals surface area contributed by atoms with Gasteiger partial charge in [-0.15, -0.1) is 11.8 Å². The topological polar surface area (TPSA) is 77.8 Å². The molecule has 1 heterocycles. The van der Waals surface area contributed by atoms with Crippen molar-refractivity contribution in [2.75, 3.05) is 5.75 Å². The molecule has 0 spiro atoms. The molecule has 5 nitrogen and oxygen atoms in total. The van der Waals surface area contributed by atoms with Crippen molar-refractivity contribution in [3.8, 4) is 5.75 Å². The molecule has 2 unspecified atom stereocenters. The Morgan fingerprint density at radius 3 is 2.67 bits per heavy atom. The molecular formula is C15H17NO4S. The monoisotopic (exact) mass is 307 g/mol. The SMILES string of the molecule is Cc1ccc(O)c(C(=O)N2C(C(=O)O)CSC2C2CC2)c1. The number of phenolic OH excluding ortho intramolecular Hbond substituents is 1. The van der Waals surface area contributed by atoms with Gasteiger partial charge in [0.2, 0.25) is 0 Å². The Kier molecular flexibility index (Phi) is 3.57. The Morgan fingerprint density at radius 2 is 2.05 bits per heavy atom. The highest BCUT2D eigenvalue weighted by Gasteiger charge is 2.48. The summed E-state index contributed by atoms with van der Waals surface area (Å²) in [5.74, 6) is -0.664. The van der Waals surface area contributed by atoms with E-state index in [-0.39, 0.29) is 22.6 Å². The largest absolute Gasteiger partial charge is 0.507 e. The van der Waals surface area contributed by atoms with Crippen LogP contribution < -0.4 is 0 Å². The van der Waals surface area contributed by atoms with Crippen LogP contribution in [0.4, 0.5) is 0 Å². The smallest absolute Gasteiger partial charge is 0.327 e. The zero-order valence-corrected chi connectivity index (χ0v) is 12.5. The third-order valence-electron chi connectivity index (χ3n) is 3.96. The van der Waals surface area contributed by atoms with Crippen molar-refractivity contribution in [1.82, 2.24) is 4.90 Å². The molecule has 2 N–H and O–H groups in total. The van der Waals surface area contributed by atoms with E-state index in [0.717, 1.165) is 18.4 Å². The van der Waals surface area contributed by atoms with Crippen LogP contribution in [0.3, 0.4) is 0 Å². The molecule has 2 aliphatic rings. The lowest BCUT2D eigenvalue weighted by Gasteiger charge is -2.27. The van der Waals surface area contributed by atoms with E-state index < -0.39 is 12.0 Å². The zero-order valence-electron chi connectivity index (χ0n) is 11.7. The summed E-state index contributed by atoms with van der Waals surface area (Å²) in [6, 6.07) is 4.00. The third-order valence-corrected chi connectivity index (χ3v) is 5.42. The lowest BCUT2D eigenvalue weighted by Crippen LogP contribution is -2.46. The van der Waals surface area contributed by atoms with Gasteiger partial charge in [0.05, 0.1) is 10.9 Å². The van der Waals surface area contributed by atoms with Crippen LogP contribution in [-0.4, -0.2) is 44.2 Å². The van der Waals surface area contributed by atoms with Crippen LogP contribution in [0.15, 0.2) is 18.2 Å². The number of aliphatic carboxylic acids is 1. The quantitative estimate of drug-likeness (QED) is 0.894. The fourth-order valence-electron chi connectivity index (χ4n) is 2.68. The first-order valence-electron chi connectivity index (χ1n) is 6.95. The fourth-order valence-corrected chi connectivity index (χ4v) is 4.31. The minimum Gasteiger partial charge on any atom is -0.507 e. The van der Waals surface area contributed by atoms with Gasteiger partial charge in [0, 0.05) is 5.75 Å². The van der Waals surface area contributed by atoms with Gasteiger partial charge in [0.15, 0.2) is 0 Å². The van der Waals surface area contributed by atoms with Gasteiger partial charge in [-0.05, 0) is 37.8 Å². The number of carbonyl (C=O) groups is 2. The Bertz CT molecular complexity index is 599. The maximum atomic E-state index is 12.8. The van der Waals surface area contributed by atoms with Crippen LogP contribution >= 0.6 is 11.8 Å². The van der Waals surface area contributed by atoms with Gasteiger partial charge in [0.25, 0.3) is 5.91 Å². The Balaban J connectivity index is 1.95. The maximum Gasteiger partial charge on any atom is 0.327 e. The van der Waals surface area contributed by atoms with E-state index in [9.17, 15) is 19.8 Å². The summed E-state index contributed by atoms with van der Waals surface area (Å²) in [4.78, 5) is 25.6. The number of thioether (sulfide) groups is 1. The average molecular weight is 307 g/mol. The van der Waals surface area contributed by atoms with Gasteiger partial charge in [-0.2, -0.15) is 0 Å². The molecule has 21 heavy (non-hydrogen) atoms. The second kappa shape index (κ2) is 5.26. The molecule has 1 aromatic rings. The molecule has 6 heteroatoms. The van der Waals surface area contributed by atoms with E-state index in [4.69, 9.17) is 0 Å². The Morgan fingerprint density at radius 1 is 1.33 bits per heavy atom. The summed E-state index contributed by atoms with van der Waals surface area (Å²) >= 11 is 1.53. The minimum atomic E-state index is -0.980. The number of carboxylic acids is 1. The normalized spacial score (nSPS) is 25.1. The molecular weight excluding hydrogens is 290 g/mol. The number of hydrogen-bond donors (Lipinski definition) is 2. The highest BCUT2D eigenvalue weighted by Crippen LogP contribution is 2.46. The summed E-state index contributed by atoms with van der Waals surface area (Å²) in [6.07, 6.45) is 2.07. The molecule has 1 saturated heterocycles. The minimum absolute atomic E-state index is 0.0847. The number of hydrogen-bond acceptors (Lipinski definition) is 4. The number of rotatable bonds is 3. The first-order valence-corrected chi connectivity index (χ1v) is 8.00. The van der Waals surface area contributed by atoms with Crippen molar-refractivity contribution in [3.05, 3.63) is 29.3 Å². The van der Waals surface area contributed by atoms with Crippen molar-refractivity contribution < 1.29 is 19.8 Å². The van der Waals surface area contributed by atoms with Gasteiger partial charge < -0.3 is 15.1 Å². The van der Waals surface area contributed by atoms with Gasteiger partial charge in [-0.1, -0.05) is 11.6 Å². The van der Waals surface area contributed by atoms with Crippen LogP contribution in [0, 0.1) is 12.8 Å². The first kappa shape index (κ1) is 14.3. The van der Waals surface area contributed by atoms with E-state index in [0.29, 0.717) is 11.7 Å². The Labute approximate surface area is 126 Å². The summed E-state index contributed by atoms with van der Waals surface area (Å²) in [5, 5.41) is 19.2. The second-order valence-corrected chi connectivity index (χ2v) is 6.80. The number of amides is 1. The van der Waals surface area contributed by atoms with Gasteiger partial charge >= 0.3 is 5.97 Å². The number of phenols is 1. The molecule has 3 rings (SSSR count). The summed E-state index contributed by atoms with van der Waals surface area (Å²) in [7, 11) is 0. The third kappa shape index (κ3) is 2.60. The highest BCUT2D eigenvalue weighted by atomic mass is 32.2. The molecule has 112 valence electrons. The lowest BCUT2D eigenvalue weighted by molar-refractivity contribution is -0.141. The average Bonchev–Trinajstić information content (AvgIpc) is 3.19. The molecule has 1 saturated carbocycles. The number of carboxylic acid groups (broad SMARTS) is 1. The van der Waals surface area contributed by atoms with Crippen LogP contribution in [0.1, 0.15) is 28.8 Å². The van der Waals surface area contributed by atoms with Crippen molar-refractivity contribution in [1.29, 1.82) is 0 Å². The standard InChI is InChI=1S/C15H17NO4S/c1-8-2-5-12(17)10(6-8)13(18)16-11(15(19)20)7-21-14(16)9-3-4-9/h2,5-6,9,11,14,17H,3-4,7H2,1H3,(H,19,20). The van der Waals surface area contributed by atoms with Gasteiger partial charge in [-0.3, -0.25) is 4.79 Å². The Hall–Kier alpha value is -1.69. The van der Waals surface area contributed by atoms with E-state index in [2.05, 4.69) is 0 Å². The van der Waals surface area contributed by atoms with Crippen molar-refractivity contribution >= 4 is 23.6 Å². The van der Waals surface area contributed by atoms with Crippen molar-refractivity contribution in [3.63, 3.8) is 0 Å². The zero-order chi connectivity index (χ0) is 15.1. The molecule has 0 radical (unpaired) electrons. The van der Waals surface area contributed by atoms with E-state index in [1.165, 1.54) is 22.7 Å². The molecule has 0 aromatic heterocycles. The van der Waals surface area contributed by atoms with Gasteiger partial charge in [-0.25, -0.2) is 4.79 Å². The fraction of sp³-hybridized carbons (Fsp3) is 0.467. The number of nitrogens with zero attached hydrogens (tertiary/aromatic N) is 1. The molecule has 1 aliphatic carbocycles. The summed E-state index contributed by atoms with van der Waals surface area (Å²) in [5.41, 5.74) is 1.05. The first-order chi connectivity index (χ1) is 9.99. The number of aromatic hydroxyl groups is 1. The van der Waals surface area contributed by atoms with Crippen LogP contribution in [0.2, 0.25) is 0 Å². The second-order valence-electron chi connectivity index (χ2n) is 5.65. The molecule has 1 aromatic carbocycles. The van der Waals surface area contributed by atoms with Gasteiger partial charge in [0.1, 0.15) is 11.8 Å². The lowest BCUT2D eigenvalue weighted by atomic mass is 10.1. The molecule has 1 amide bonds. The van der Waals surface area contributed by atoms with Crippen LogP contribution in [0.25, 0.3) is 0 Å². The number of carbonyl (C=O) groups excluding carboxylic acids is 1. The molecule has 1 aliphatic heterocycles. The molecule has 2 atom stereocenters. The molecule has 2 fully saturated rings. The predicted molar refractivity (Wildman–Crippen MR) is 79.4 cm³/mol. The summed E-state index contributed by atoms with van der Waals surface area (Å²) in [6.45, 7) is 1.84. The van der Waals surface area contributed by atoms with Crippen molar-refractivity contribution in [2.24, 2.45) is 5.92 Å². The number of benzene rings is 1. The van der Waals surface area contributed by atoms with Crippen LogP contribution in [0.5, 0.6) is 5.75 Å². The predicted octanol–water partition coefficient (Wildman–Crippen LogP) is 2.08. The highest BCUT2D eigenvalue weighted by molar-refractivity contribution is 8.00. The van der Waals surface area contributed by atoms with E-state index in [1.807, 2.05) is 6.92 Å². The number of aryl methyl sites for hydroxylation is 1. The van der Waals surface area contributed by atoms with Crippen molar-refractivity contribution in [2.45, 2.75) is 31.2 Å². The summed E-state index contributed by atoms with van der Waals surface area (Å²) < 4.78 is 0. The van der Waals surface area contributed by atoms with Crippen LogP contribution in [-0.2, 0) is 4.79 Å². The van der Waals surface area contributed by atoms with E-state index >= 15 is 0 Å². The molecule has 0 bridgehead atoms. The van der Waals surface area contributed by atoms with E-state index in [1.54, 1.807) is 12.1 Å². The maximum absolute atomic E-state index is 12.8.